The van der Waals surface area contributed by atoms with Crippen LogP contribution in [0.3, 0.4) is 0 Å². The molecule has 0 atom stereocenters. The summed E-state index contributed by atoms with van der Waals surface area (Å²) in [6.45, 7) is 5.40. The van der Waals surface area contributed by atoms with Crippen molar-refractivity contribution in [2.24, 2.45) is 0 Å². The van der Waals surface area contributed by atoms with E-state index >= 15 is 0 Å². The third kappa shape index (κ3) is 2.79. The number of halogens is 1. The van der Waals surface area contributed by atoms with Crippen molar-refractivity contribution < 1.29 is 9.13 Å². The summed E-state index contributed by atoms with van der Waals surface area (Å²) in [7, 11) is 1.56. The maximum absolute atomic E-state index is 13.9. The Balaban J connectivity index is 1.69. The number of nitrogens with zero attached hydrogens (tertiary/aromatic N) is 4. The number of fused-ring (bicyclic) bond motifs is 1. The molecule has 0 radical (unpaired) electrons. The second-order valence-electron chi connectivity index (χ2n) is 7.01. The van der Waals surface area contributed by atoms with Gasteiger partial charge in [-0.05, 0) is 6.07 Å². The molecule has 0 unspecified atom stereocenters. The van der Waals surface area contributed by atoms with Gasteiger partial charge in [-0.15, -0.1) is 0 Å². The van der Waals surface area contributed by atoms with Gasteiger partial charge in [-0.3, -0.25) is 0 Å². The fraction of sp³-hybridized carbons (Fsp3) is 0.316. The molecule has 0 spiro atoms. The zero-order valence-corrected chi connectivity index (χ0v) is 15.0. The molecule has 0 fully saturated rings. The molecule has 0 bridgehead atoms. The molecule has 3 heterocycles. The number of methoxy groups -OCH3 is 1. The Morgan fingerprint density at radius 1 is 1.31 bits per heavy atom. The van der Waals surface area contributed by atoms with Crippen LogP contribution in [0.5, 0.6) is 5.88 Å². The van der Waals surface area contributed by atoms with E-state index in [4.69, 9.17) is 4.74 Å². The Morgan fingerprint density at radius 2 is 2.12 bits per heavy atom. The van der Waals surface area contributed by atoms with Crippen molar-refractivity contribution in [3.8, 4) is 17.4 Å². The summed E-state index contributed by atoms with van der Waals surface area (Å²) in [6.07, 6.45) is 1.85. The van der Waals surface area contributed by atoms with Crippen molar-refractivity contribution in [2.75, 3.05) is 19.0 Å². The first-order chi connectivity index (χ1) is 12.5. The molecule has 1 N–H and O–H groups in total. The van der Waals surface area contributed by atoms with Crippen LogP contribution in [0, 0.1) is 5.82 Å². The van der Waals surface area contributed by atoms with E-state index in [0.29, 0.717) is 23.0 Å². The standard InChI is InChI=1S/C19H20FN5O/c1-19(2)11-22-17-13(19)9-21-18(23-17)15-8-16(26-3)25(24-15)10-12-6-4-5-7-14(12)20/h4-9H,10-11H2,1-3H3,(H,21,22,23). The summed E-state index contributed by atoms with van der Waals surface area (Å²) in [6, 6.07) is 8.39. The first-order valence-electron chi connectivity index (χ1n) is 8.45. The predicted molar refractivity (Wildman–Crippen MR) is 96.8 cm³/mol. The molecule has 1 aliphatic rings. The van der Waals surface area contributed by atoms with Crippen molar-refractivity contribution in [1.29, 1.82) is 0 Å². The van der Waals surface area contributed by atoms with Crippen LogP contribution < -0.4 is 10.1 Å². The average Bonchev–Trinajstić information content (AvgIpc) is 3.17. The Morgan fingerprint density at radius 3 is 2.88 bits per heavy atom. The minimum Gasteiger partial charge on any atom is -0.481 e. The van der Waals surface area contributed by atoms with Gasteiger partial charge in [0.25, 0.3) is 0 Å². The van der Waals surface area contributed by atoms with E-state index in [1.807, 2.05) is 6.20 Å². The molecule has 0 saturated carbocycles. The fourth-order valence-electron chi connectivity index (χ4n) is 3.11. The topological polar surface area (TPSA) is 64.9 Å². The van der Waals surface area contributed by atoms with Gasteiger partial charge in [0.2, 0.25) is 5.88 Å². The van der Waals surface area contributed by atoms with Gasteiger partial charge in [-0.2, -0.15) is 5.10 Å². The van der Waals surface area contributed by atoms with Crippen molar-refractivity contribution in [3.63, 3.8) is 0 Å². The molecule has 26 heavy (non-hydrogen) atoms. The van der Waals surface area contributed by atoms with E-state index in [-0.39, 0.29) is 17.8 Å². The monoisotopic (exact) mass is 353 g/mol. The largest absolute Gasteiger partial charge is 0.481 e. The summed E-state index contributed by atoms with van der Waals surface area (Å²) >= 11 is 0. The van der Waals surface area contributed by atoms with Gasteiger partial charge < -0.3 is 10.1 Å². The highest BCUT2D eigenvalue weighted by atomic mass is 19.1. The number of ether oxygens (including phenoxy) is 1. The maximum Gasteiger partial charge on any atom is 0.212 e. The van der Waals surface area contributed by atoms with Crippen molar-refractivity contribution in [1.82, 2.24) is 19.7 Å². The molecule has 6 nitrogen and oxygen atoms in total. The highest BCUT2D eigenvalue weighted by molar-refractivity contribution is 5.60. The molecule has 0 aliphatic carbocycles. The molecule has 0 amide bonds. The number of hydrogen-bond acceptors (Lipinski definition) is 5. The zero-order valence-electron chi connectivity index (χ0n) is 15.0. The minimum atomic E-state index is -0.271. The van der Waals surface area contributed by atoms with E-state index in [0.717, 1.165) is 17.9 Å². The second kappa shape index (κ2) is 6.09. The predicted octanol–water partition coefficient (Wildman–Crippen LogP) is 3.24. The normalized spacial score (nSPS) is 14.8. The lowest BCUT2D eigenvalue weighted by molar-refractivity contribution is 0.365. The van der Waals surface area contributed by atoms with Crippen molar-refractivity contribution in [2.45, 2.75) is 25.8 Å². The molecular formula is C19H20FN5O. The lowest BCUT2D eigenvalue weighted by Gasteiger charge is -2.15. The van der Waals surface area contributed by atoms with Gasteiger partial charge in [-0.1, -0.05) is 32.0 Å². The van der Waals surface area contributed by atoms with Gasteiger partial charge in [-0.25, -0.2) is 19.0 Å². The smallest absolute Gasteiger partial charge is 0.212 e. The van der Waals surface area contributed by atoms with Crippen LogP contribution in [-0.4, -0.2) is 33.4 Å². The molecule has 134 valence electrons. The second-order valence-corrected chi connectivity index (χ2v) is 7.01. The number of aromatic nitrogens is 4. The maximum atomic E-state index is 13.9. The van der Waals surface area contributed by atoms with Crippen LogP contribution in [0.15, 0.2) is 36.5 Å². The Hall–Kier alpha value is -2.96. The van der Waals surface area contributed by atoms with E-state index in [2.05, 4.69) is 34.2 Å². The van der Waals surface area contributed by atoms with Crippen LogP contribution in [0.4, 0.5) is 10.2 Å². The molecule has 1 aromatic carbocycles. The first-order valence-corrected chi connectivity index (χ1v) is 8.45. The molecule has 7 heteroatoms. The van der Waals surface area contributed by atoms with E-state index < -0.39 is 0 Å². The lowest BCUT2D eigenvalue weighted by Crippen LogP contribution is -2.19. The number of anilines is 1. The summed E-state index contributed by atoms with van der Waals surface area (Å²) in [5.41, 5.74) is 2.24. The molecule has 1 aliphatic heterocycles. The van der Waals surface area contributed by atoms with Crippen LogP contribution in [0.1, 0.15) is 25.0 Å². The van der Waals surface area contributed by atoms with Gasteiger partial charge >= 0.3 is 0 Å². The quantitative estimate of drug-likeness (QED) is 0.780. The van der Waals surface area contributed by atoms with Gasteiger partial charge in [0.1, 0.15) is 17.3 Å². The third-order valence-corrected chi connectivity index (χ3v) is 4.67. The fourth-order valence-corrected chi connectivity index (χ4v) is 3.11. The number of nitrogens with one attached hydrogen (secondary N) is 1. The van der Waals surface area contributed by atoms with Gasteiger partial charge in [0, 0.05) is 35.3 Å². The van der Waals surface area contributed by atoms with Gasteiger partial charge in [0.15, 0.2) is 5.82 Å². The number of benzene rings is 1. The summed E-state index contributed by atoms with van der Waals surface area (Å²) in [5.74, 6) is 1.61. The zero-order chi connectivity index (χ0) is 18.3. The lowest BCUT2D eigenvalue weighted by atomic mass is 9.89. The minimum absolute atomic E-state index is 0.00967. The van der Waals surface area contributed by atoms with Crippen molar-refractivity contribution >= 4 is 5.82 Å². The SMILES string of the molecule is COc1cc(-c2ncc3c(n2)NCC3(C)C)nn1Cc1ccccc1F. The van der Waals surface area contributed by atoms with Crippen molar-refractivity contribution in [3.05, 3.63) is 53.5 Å². The molecule has 2 aromatic heterocycles. The average molecular weight is 353 g/mol. The Kier molecular flexibility index (Phi) is 3.86. The van der Waals surface area contributed by atoms with Gasteiger partial charge in [0.05, 0.1) is 13.7 Å². The first kappa shape index (κ1) is 16.5. The Labute approximate surface area is 151 Å². The van der Waals surface area contributed by atoms with E-state index in [1.54, 1.807) is 36.1 Å². The molecule has 3 aromatic rings. The van der Waals surface area contributed by atoms with Crippen LogP contribution in [0.2, 0.25) is 0 Å². The van der Waals surface area contributed by atoms with Crippen LogP contribution in [-0.2, 0) is 12.0 Å². The summed E-state index contributed by atoms with van der Waals surface area (Å²) in [5, 5.41) is 7.84. The molecular weight excluding hydrogens is 333 g/mol. The highest BCUT2D eigenvalue weighted by Gasteiger charge is 2.31. The number of hydrogen-bond donors (Lipinski definition) is 1. The molecule has 4 rings (SSSR count). The third-order valence-electron chi connectivity index (χ3n) is 4.67. The number of rotatable bonds is 4. The highest BCUT2D eigenvalue weighted by Crippen LogP contribution is 2.35. The van der Waals surface area contributed by atoms with E-state index in [1.165, 1.54) is 6.07 Å². The summed E-state index contributed by atoms with van der Waals surface area (Å²) in [4.78, 5) is 9.08. The summed E-state index contributed by atoms with van der Waals surface area (Å²) < 4.78 is 21.0. The van der Waals surface area contributed by atoms with E-state index in [9.17, 15) is 4.39 Å². The van der Waals surface area contributed by atoms with Crippen LogP contribution in [0.25, 0.3) is 11.5 Å². The van der Waals surface area contributed by atoms with Crippen LogP contribution >= 0.6 is 0 Å². The Bertz CT molecular complexity index is 966. The molecule has 0 saturated heterocycles.